The summed E-state index contributed by atoms with van der Waals surface area (Å²) >= 11 is 0. The van der Waals surface area contributed by atoms with Gasteiger partial charge in [-0.05, 0) is 19.8 Å². The van der Waals surface area contributed by atoms with E-state index in [1.807, 2.05) is 0 Å². The molecule has 2 atom stereocenters. The highest BCUT2D eigenvalue weighted by molar-refractivity contribution is 5.85. The second-order valence-corrected chi connectivity index (χ2v) is 2.54. The van der Waals surface area contributed by atoms with E-state index in [2.05, 4.69) is 12.2 Å². The van der Waals surface area contributed by atoms with Gasteiger partial charge in [0.15, 0.2) is 0 Å². The van der Waals surface area contributed by atoms with Crippen LogP contribution in [0.1, 0.15) is 19.8 Å². The van der Waals surface area contributed by atoms with Crippen LogP contribution in [0.5, 0.6) is 0 Å². The van der Waals surface area contributed by atoms with Gasteiger partial charge in [0.2, 0.25) is 0 Å². The zero-order chi connectivity index (χ0) is 5.98. The molecule has 0 aromatic heterocycles. The number of aliphatic hydroxyl groups excluding tert-OH is 1. The predicted molar refractivity (Wildman–Crippen MR) is 40.0 cm³/mol. The van der Waals surface area contributed by atoms with E-state index in [0.29, 0.717) is 6.04 Å². The number of rotatable bonds is 0. The summed E-state index contributed by atoms with van der Waals surface area (Å²) in [6, 6.07) is 0.610. The number of aliphatic hydroxyl groups is 1. The van der Waals surface area contributed by atoms with Crippen molar-refractivity contribution < 1.29 is 5.11 Å². The monoisotopic (exact) mass is 151 g/mol. The third-order valence-electron chi connectivity index (χ3n) is 1.63. The predicted octanol–water partition coefficient (Wildman–Crippen LogP) is 0.541. The lowest BCUT2D eigenvalue weighted by Gasteiger charge is -2.23. The van der Waals surface area contributed by atoms with Crippen LogP contribution in [-0.4, -0.2) is 23.8 Å². The largest absolute Gasteiger partial charge is 0.392 e. The number of piperidine rings is 1. The normalized spacial score (nSPS) is 35.3. The van der Waals surface area contributed by atoms with E-state index in [4.69, 9.17) is 5.11 Å². The van der Waals surface area contributed by atoms with Crippen molar-refractivity contribution >= 4 is 12.4 Å². The topological polar surface area (TPSA) is 32.3 Å². The summed E-state index contributed by atoms with van der Waals surface area (Å²) in [5.41, 5.74) is 0. The fourth-order valence-corrected chi connectivity index (χ4v) is 0.984. The molecule has 0 radical (unpaired) electrons. The average molecular weight is 152 g/mol. The summed E-state index contributed by atoms with van der Waals surface area (Å²) in [6.45, 7) is 2.92. The standard InChI is InChI=1S/C6H13NO.ClH/c1-5-2-3-6(8)4-7-5;/h5-8H,2-4H2,1H3;1H/t5-,6+;/m0./s1. The number of β-amino-alcohol motifs (C(OH)–C–C–N with tert-alkyl or cyclic N) is 1. The highest BCUT2D eigenvalue weighted by atomic mass is 35.5. The maximum absolute atomic E-state index is 8.96. The lowest BCUT2D eigenvalue weighted by Crippen LogP contribution is -2.39. The van der Waals surface area contributed by atoms with Crippen molar-refractivity contribution in [3.05, 3.63) is 0 Å². The van der Waals surface area contributed by atoms with Gasteiger partial charge in [0.1, 0.15) is 0 Å². The molecule has 1 saturated heterocycles. The summed E-state index contributed by atoms with van der Waals surface area (Å²) in [5.74, 6) is 0. The number of hydrogen-bond donors (Lipinski definition) is 2. The van der Waals surface area contributed by atoms with Crippen LogP contribution in [0.4, 0.5) is 0 Å². The summed E-state index contributed by atoms with van der Waals surface area (Å²) < 4.78 is 0. The molecule has 0 aromatic rings. The highest BCUT2D eigenvalue weighted by Crippen LogP contribution is 2.05. The molecule has 0 bridgehead atoms. The minimum atomic E-state index is -0.0915. The Morgan fingerprint density at radius 1 is 1.44 bits per heavy atom. The first-order chi connectivity index (χ1) is 3.79. The van der Waals surface area contributed by atoms with E-state index in [1.54, 1.807) is 0 Å². The van der Waals surface area contributed by atoms with E-state index >= 15 is 0 Å². The zero-order valence-corrected chi connectivity index (χ0v) is 6.45. The van der Waals surface area contributed by atoms with Crippen molar-refractivity contribution in [2.24, 2.45) is 0 Å². The molecular formula is C6H14ClNO. The van der Waals surface area contributed by atoms with Gasteiger partial charge in [-0.25, -0.2) is 0 Å². The second kappa shape index (κ2) is 4.09. The molecule has 2 nitrogen and oxygen atoms in total. The lowest BCUT2D eigenvalue weighted by atomic mass is 10.0. The fourth-order valence-electron chi connectivity index (χ4n) is 0.984. The van der Waals surface area contributed by atoms with Gasteiger partial charge in [-0.3, -0.25) is 0 Å². The minimum Gasteiger partial charge on any atom is -0.392 e. The Kier molecular flexibility index (Phi) is 4.19. The Balaban J connectivity index is 0.000000640. The Morgan fingerprint density at radius 3 is 2.44 bits per heavy atom. The molecule has 1 aliphatic rings. The molecule has 9 heavy (non-hydrogen) atoms. The van der Waals surface area contributed by atoms with Crippen molar-refractivity contribution in [2.45, 2.75) is 31.9 Å². The molecule has 2 N–H and O–H groups in total. The van der Waals surface area contributed by atoms with Gasteiger partial charge in [-0.2, -0.15) is 0 Å². The van der Waals surface area contributed by atoms with Crippen molar-refractivity contribution in [1.82, 2.24) is 5.32 Å². The van der Waals surface area contributed by atoms with Gasteiger partial charge >= 0.3 is 0 Å². The van der Waals surface area contributed by atoms with Crippen LogP contribution in [0.2, 0.25) is 0 Å². The molecule has 0 unspecified atom stereocenters. The quantitative estimate of drug-likeness (QED) is 0.530. The van der Waals surface area contributed by atoms with Crippen LogP contribution in [0, 0.1) is 0 Å². The first kappa shape index (κ1) is 9.21. The van der Waals surface area contributed by atoms with E-state index in [0.717, 1.165) is 19.4 Å². The average Bonchev–Trinajstić information content (AvgIpc) is 1.77. The van der Waals surface area contributed by atoms with Gasteiger partial charge in [0, 0.05) is 12.6 Å². The second-order valence-electron chi connectivity index (χ2n) is 2.54. The Labute approximate surface area is 62.1 Å². The van der Waals surface area contributed by atoms with Crippen LogP contribution in [-0.2, 0) is 0 Å². The van der Waals surface area contributed by atoms with Crippen molar-refractivity contribution in [1.29, 1.82) is 0 Å². The van der Waals surface area contributed by atoms with Crippen molar-refractivity contribution in [3.63, 3.8) is 0 Å². The zero-order valence-electron chi connectivity index (χ0n) is 5.63. The number of halogens is 1. The maximum Gasteiger partial charge on any atom is 0.0665 e. The first-order valence-corrected chi connectivity index (χ1v) is 3.20. The molecule has 0 aromatic carbocycles. The van der Waals surface area contributed by atoms with Gasteiger partial charge in [-0.15, -0.1) is 12.4 Å². The molecular weight excluding hydrogens is 138 g/mol. The summed E-state index contributed by atoms with van der Waals surface area (Å²) in [5, 5.41) is 12.1. The molecule has 1 aliphatic heterocycles. The number of nitrogens with one attached hydrogen (secondary N) is 1. The van der Waals surface area contributed by atoms with E-state index in [1.165, 1.54) is 0 Å². The van der Waals surface area contributed by atoms with Crippen molar-refractivity contribution in [2.75, 3.05) is 6.54 Å². The summed E-state index contributed by atoms with van der Waals surface area (Å²) in [7, 11) is 0. The Morgan fingerprint density at radius 2 is 2.11 bits per heavy atom. The molecule has 0 aliphatic carbocycles. The maximum atomic E-state index is 8.96. The molecule has 1 heterocycles. The van der Waals surface area contributed by atoms with Crippen LogP contribution in [0.25, 0.3) is 0 Å². The fraction of sp³-hybridized carbons (Fsp3) is 1.00. The summed E-state index contributed by atoms with van der Waals surface area (Å²) in [4.78, 5) is 0. The Bertz CT molecular complexity index is 61.5. The third kappa shape index (κ3) is 3.04. The molecule has 1 fully saturated rings. The number of hydrogen-bond acceptors (Lipinski definition) is 2. The van der Waals surface area contributed by atoms with E-state index < -0.39 is 0 Å². The molecule has 0 amide bonds. The molecule has 1 rings (SSSR count). The third-order valence-corrected chi connectivity index (χ3v) is 1.63. The smallest absolute Gasteiger partial charge is 0.0665 e. The van der Waals surface area contributed by atoms with Gasteiger partial charge < -0.3 is 10.4 Å². The van der Waals surface area contributed by atoms with Crippen LogP contribution < -0.4 is 5.32 Å². The van der Waals surface area contributed by atoms with Gasteiger partial charge in [-0.1, -0.05) is 0 Å². The molecule has 0 spiro atoms. The van der Waals surface area contributed by atoms with Crippen LogP contribution in [0.3, 0.4) is 0 Å². The van der Waals surface area contributed by atoms with Crippen LogP contribution in [0.15, 0.2) is 0 Å². The first-order valence-electron chi connectivity index (χ1n) is 3.20. The minimum absolute atomic E-state index is 0. The van der Waals surface area contributed by atoms with Crippen LogP contribution >= 0.6 is 12.4 Å². The lowest BCUT2D eigenvalue weighted by molar-refractivity contribution is 0.129. The van der Waals surface area contributed by atoms with Gasteiger partial charge in [0.05, 0.1) is 6.10 Å². The summed E-state index contributed by atoms with van der Waals surface area (Å²) in [6.07, 6.45) is 1.99. The molecule has 56 valence electrons. The Hall–Kier alpha value is 0.210. The van der Waals surface area contributed by atoms with E-state index in [-0.39, 0.29) is 18.5 Å². The van der Waals surface area contributed by atoms with Crippen molar-refractivity contribution in [3.8, 4) is 0 Å². The van der Waals surface area contributed by atoms with Gasteiger partial charge in [0.25, 0.3) is 0 Å². The molecule has 3 heteroatoms. The molecule has 0 saturated carbocycles. The SMILES string of the molecule is C[C@H]1CC[C@@H](O)CN1.Cl. The van der Waals surface area contributed by atoms with E-state index in [9.17, 15) is 0 Å². The highest BCUT2D eigenvalue weighted by Gasteiger charge is 2.13.